The van der Waals surface area contributed by atoms with Gasteiger partial charge in [0, 0.05) is 26.1 Å². The van der Waals surface area contributed by atoms with Crippen molar-refractivity contribution >= 4 is 23.8 Å². The molecule has 0 aromatic rings. The van der Waals surface area contributed by atoms with E-state index >= 15 is 0 Å². The Labute approximate surface area is 139 Å². The molecule has 0 aromatic carbocycles. The summed E-state index contributed by atoms with van der Waals surface area (Å²) in [5.41, 5.74) is 0. The number of amides is 4. The van der Waals surface area contributed by atoms with Gasteiger partial charge in [0.15, 0.2) is 0 Å². The Bertz CT molecular complexity index is 573. The van der Waals surface area contributed by atoms with Gasteiger partial charge in [0.2, 0.25) is 11.8 Å². The van der Waals surface area contributed by atoms with Crippen LogP contribution < -0.4 is 10.6 Å². The third-order valence-electron chi connectivity index (χ3n) is 5.04. The zero-order valence-electron chi connectivity index (χ0n) is 13.2. The first kappa shape index (κ1) is 16.5. The van der Waals surface area contributed by atoms with E-state index in [0.29, 0.717) is 6.42 Å². The smallest absolute Gasteiger partial charge is 0.314 e. The molecule has 3 aliphatic rings. The first-order chi connectivity index (χ1) is 11.5. The highest BCUT2D eigenvalue weighted by atomic mass is 16.4. The Morgan fingerprint density at radius 3 is 2.25 bits per heavy atom. The number of carboxylic acid groups (broad SMARTS) is 1. The summed E-state index contributed by atoms with van der Waals surface area (Å²) in [4.78, 5) is 48.0. The molecule has 0 spiro atoms. The van der Waals surface area contributed by atoms with Crippen LogP contribution in [0.5, 0.6) is 0 Å². The number of hydrogen-bond acceptors (Lipinski definition) is 4. The number of fused-ring (bicyclic) bond motifs is 5. The average Bonchev–Trinajstić information content (AvgIpc) is 3.20. The maximum absolute atomic E-state index is 12.4. The molecule has 24 heavy (non-hydrogen) atoms. The van der Waals surface area contributed by atoms with Gasteiger partial charge in [-0.1, -0.05) is 12.2 Å². The van der Waals surface area contributed by atoms with Gasteiger partial charge in [-0.3, -0.25) is 19.3 Å². The van der Waals surface area contributed by atoms with Crippen LogP contribution in [0, 0.1) is 23.7 Å². The lowest BCUT2D eigenvalue weighted by molar-refractivity contribution is -0.141. The van der Waals surface area contributed by atoms with Gasteiger partial charge >= 0.3 is 12.0 Å². The van der Waals surface area contributed by atoms with Crippen LogP contribution in [-0.4, -0.2) is 53.5 Å². The Balaban J connectivity index is 1.40. The number of carboxylic acids is 1. The van der Waals surface area contributed by atoms with Gasteiger partial charge < -0.3 is 15.7 Å². The summed E-state index contributed by atoms with van der Waals surface area (Å²) >= 11 is 0. The summed E-state index contributed by atoms with van der Waals surface area (Å²) in [7, 11) is 0. The van der Waals surface area contributed by atoms with Crippen LogP contribution in [0.4, 0.5) is 4.79 Å². The van der Waals surface area contributed by atoms with E-state index in [-0.39, 0.29) is 61.5 Å². The molecule has 1 saturated carbocycles. The quantitative estimate of drug-likeness (QED) is 0.343. The van der Waals surface area contributed by atoms with Gasteiger partial charge in [-0.05, 0) is 24.7 Å². The van der Waals surface area contributed by atoms with E-state index in [2.05, 4.69) is 10.6 Å². The van der Waals surface area contributed by atoms with Crippen LogP contribution >= 0.6 is 0 Å². The van der Waals surface area contributed by atoms with Crippen LogP contribution in [-0.2, 0) is 14.4 Å². The molecule has 2 fully saturated rings. The topological polar surface area (TPSA) is 116 Å². The highest BCUT2D eigenvalue weighted by Gasteiger charge is 2.58. The van der Waals surface area contributed by atoms with Gasteiger partial charge in [0.05, 0.1) is 11.8 Å². The van der Waals surface area contributed by atoms with E-state index in [9.17, 15) is 19.2 Å². The number of carbonyl (C=O) groups excluding carboxylic acids is 3. The summed E-state index contributed by atoms with van der Waals surface area (Å²) in [6.45, 7) is 0.621. The van der Waals surface area contributed by atoms with Crippen molar-refractivity contribution < 1.29 is 24.3 Å². The van der Waals surface area contributed by atoms with Crippen LogP contribution in [0.15, 0.2) is 12.2 Å². The second kappa shape index (κ2) is 6.62. The lowest BCUT2D eigenvalue weighted by Crippen LogP contribution is -2.43. The molecule has 1 aliphatic heterocycles. The number of allylic oxidation sites excluding steroid dienone is 2. The van der Waals surface area contributed by atoms with E-state index in [0.717, 1.165) is 6.42 Å². The Morgan fingerprint density at radius 1 is 1.08 bits per heavy atom. The van der Waals surface area contributed by atoms with E-state index in [1.54, 1.807) is 0 Å². The van der Waals surface area contributed by atoms with Crippen molar-refractivity contribution in [1.29, 1.82) is 0 Å². The molecular formula is C16H21N3O5. The maximum atomic E-state index is 12.4. The molecule has 4 unspecified atom stereocenters. The molecule has 0 aromatic heterocycles. The van der Waals surface area contributed by atoms with Crippen molar-refractivity contribution in [2.24, 2.45) is 23.7 Å². The number of nitrogens with zero attached hydrogens (tertiary/aromatic N) is 1. The molecule has 4 amide bonds. The second-order valence-electron chi connectivity index (χ2n) is 6.51. The second-order valence-corrected chi connectivity index (χ2v) is 6.51. The number of nitrogens with one attached hydrogen (secondary N) is 2. The van der Waals surface area contributed by atoms with E-state index in [4.69, 9.17) is 5.11 Å². The molecule has 3 N–H and O–H groups in total. The number of likely N-dealkylation sites (tertiary alicyclic amines) is 1. The van der Waals surface area contributed by atoms with Gasteiger partial charge in [-0.2, -0.15) is 0 Å². The third kappa shape index (κ3) is 3.00. The minimum atomic E-state index is -0.905. The summed E-state index contributed by atoms with van der Waals surface area (Å²) < 4.78 is 0. The maximum Gasteiger partial charge on any atom is 0.314 e. The molecule has 3 rings (SSSR count). The van der Waals surface area contributed by atoms with Crippen molar-refractivity contribution in [1.82, 2.24) is 15.5 Å². The minimum Gasteiger partial charge on any atom is -0.481 e. The lowest BCUT2D eigenvalue weighted by atomic mass is 9.85. The number of rotatable bonds is 7. The first-order valence-electron chi connectivity index (χ1n) is 8.26. The monoisotopic (exact) mass is 335 g/mol. The molecule has 4 atom stereocenters. The van der Waals surface area contributed by atoms with Crippen molar-refractivity contribution in [3.05, 3.63) is 12.2 Å². The Hall–Kier alpha value is -2.38. The predicted molar refractivity (Wildman–Crippen MR) is 82.7 cm³/mol. The van der Waals surface area contributed by atoms with Crippen molar-refractivity contribution in [2.75, 3.05) is 19.6 Å². The standard InChI is InChI=1S/C16H21N3O5/c20-11(21)2-1-5-17-16(24)18-6-7-19-14(22)12-9-3-4-10(8-9)13(12)15(19)23/h3-4,9-10,12-13H,1-2,5-8H2,(H,20,21)(H2,17,18,24). The average molecular weight is 335 g/mol. The zero-order valence-corrected chi connectivity index (χ0v) is 13.2. The fraction of sp³-hybridized carbons (Fsp3) is 0.625. The van der Waals surface area contributed by atoms with Gasteiger partial charge in [-0.15, -0.1) is 0 Å². The normalized spacial score (nSPS) is 29.9. The van der Waals surface area contributed by atoms with E-state index < -0.39 is 12.0 Å². The summed E-state index contributed by atoms with van der Waals surface area (Å²) in [5.74, 6) is -1.19. The summed E-state index contributed by atoms with van der Waals surface area (Å²) in [6, 6.07) is -0.429. The number of imide groups is 1. The van der Waals surface area contributed by atoms with Crippen LogP contribution in [0.25, 0.3) is 0 Å². The molecule has 1 heterocycles. The fourth-order valence-electron chi connectivity index (χ4n) is 3.97. The van der Waals surface area contributed by atoms with Crippen molar-refractivity contribution in [2.45, 2.75) is 19.3 Å². The van der Waals surface area contributed by atoms with E-state index in [1.165, 1.54) is 4.90 Å². The first-order valence-corrected chi connectivity index (χ1v) is 8.26. The van der Waals surface area contributed by atoms with Crippen LogP contribution in [0.2, 0.25) is 0 Å². The van der Waals surface area contributed by atoms with Gasteiger partial charge in [0.25, 0.3) is 0 Å². The number of hydrogen-bond donors (Lipinski definition) is 3. The molecule has 0 radical (unpaired) electrons. The van der Waals surface area contributed by atoms with E-state index in [1.807, 2.05) is 12.2 Å². The molecule has 8 nitrogen and oxygen atoms in total. The van der Waals surface area contributed by atoms with Crippen LogP contribution in [0.1, 0.15) is 19.3 Å². The minimum absolute atomic E-state index is 0.00376. The summed E-state index contributed by atoms with van der Waals surface area (Å²) in [5, 5.41) is 13.6. The Morgan fingerprint density at radius 2 is 1.67 bits per heavy atom. The Kier molecular flexibility index (Phi) is 4.55. The van der Waals surface area contributed by atoms with Crippen molar-refractivity contribution in [3.63, 3.8) is 0 Å². The largest absolute Gasteiger partial charge is 0.481 e. The molecular weight excluding hydrogens is 314 g/mol. The highest BCUT2D eigenvalue weighted by Crippen LogP contribution is 2.52. The molecule has 1 saturated heterocycles. The molecule has 2 bridgehead atoms. The molecule has 2 aliphatic carbocycles. The SMILES string of the molecule is O=C(O)CCCNC(=O)NCCN1C(=O)C2C3C=CC(C3)C2C1=O. The number of urea groups is 1. The third-order valence-corrected chi connectivity index (χ3v) is 5.04. The number of aliphatic carboxylic acids is 1. The molecule has 130 valence electrons. The van der Waals surface area contributed by atoms with Gasteiger partial charge in [0.1, 0.15) is 0 Å². The lowest BCUT2D eigenvalue weighted by Gasteiger charge is -2.17. The number of carbonyl (C=O) groups is 4. The van der Waals surface area contributed by atoms with Crippen molar-refractivity contribution in [3.8, 4) is 0 Å². The zero-order chi connectivity index (χ0) is 17.3. The van der Waals surface area contributed by atoms with Gasteiger partial charge in [-0.25, -0.2) is 4.79 Å². The summed E-state index contributed by atoms with van der Waals surface area (Å²) in [6.07, 6.45) is 5.34. The highest BCUT2D eigenvalue weighted by molar-refractivity contribution is 6.06. The fourth-order valence-corrected chi connectivity index (χ4v) is 3.97. The van der Waals surface area contributed by atoms with Crippen LogP contribution in [0.3, 0.4) is 0 Å². The molecule has 8 heteroatoms. The predicted octanol–water partition coefficient (Wildman–Crippen LogP) is -0.0425.